The minimum Gasteiger partial charge on any atom is -0.462 e. The summed E-state index contributed by atoms with van der Waals surface area (Å²) in [5.41, 5.74) is 6.41. The van der Waals surface area contributed by atoms with Gasteiger partial charge in [0, 0.05) is 12.3 Å². The van der Waals surface area contributed by atoms with Crippen molar-refractivity contribution in [2.24, 2.45) is 0 Å². The number of nitrogen functional groups attached to an aromatic ring is 1. The highest BCUT2D eigenvalue weighted by Gasteiger charge is 2.20. The summed E-state index contributed by atoms with van der Waals surface area (Å²) in [5, 5.41) is 28.2. The fourth-order valence-electron chi connectivity index (χ4n) is 1.66. The van der Waals surface area contributed by atoms with Crippen molar-refractivity contribution in [2.45, 2.75) is 25.6 Å². The number of aliphatic hydroxyl groups is 3. The maximum atomic E-state index is 11.6. The Bertz CT molecular complexity index is 435. The van der Waals surface area contributed by atoms with Gasteiger partial charge in [-0.3, -0.25) is 0 Å². The highest BCUT2D eigenvalue weighted by atomic mass is 16.5. The van der Waals surface area contributed by atoms with Crippen molar-refractivity contribution in [3.63, 3.8) is 0 Å². The number of hydrogen-bond acceptors (Lipinski definition) is 6. The molecule has 0 saturated heterocycles. The molecule has 1 aromatic rings. The van der Waals surface area contributed by atoms with Gasteiger partial charge in [-0.25, -0.2) is 4.79 Å². The topological polar surface area (TPSA) is 113 Å². The van der Waals surface area contributed by atoms with E-state index in [1.807, 2.05) is 0 Å². The molecule has 0 amide bonds. The second-order valence-corrected chi connectivity index (χ2v) is 4.09. The number of carbonyl (C=O) groups excluding carboxylic acids is 1. The third kappa shape index (κ3) is 3.92. The van der Waals surface area contributed by atoms with Gasteiger partial charge in [-0.05, 0) is 31.0 Å². The van der Waals surface area contributed by atoms with Crippen molar-refractivity contribution in [1.82, 2.24) is 0 Å². The van der Waals surface area contributed by atoms with Gasteiger partial charge in [0.1, 0.15) is 6.10 Å². The van der Waals surface area contributed by atoms with Crippen LogP contribution >= 0.6 is 0 Å². The Morgan fingerprint density at radius 1 is 1.42 bits per heavy atom. The highest BCUT2D eigenvalue weighted by molar-refractivity contribution is 5.95. The molecule has 0 saturated carbocycles. The number of hydrogen-bond donors (Lipinski definition) is 4. The predicted molar refractivity (Wildman–Crippen MR) is 69.5 cm³/mol. The molecule has 0 heterocycles. The van der Waals surface area contributed by atoms with Gasteiger partial charge < -0.3 is 25.8 Å². The van der Waals surface area contributed by atoms with Crippen LogP contribution in [0, 0.1) is 0 Å². The lowest BCUT2D eigenvalue weighted by Crippen LogP contribution is -2.20. The van der Waals surface area contributed by atoms with Crippen LogP contribution in [0.25, 0.3) is 0 Å². The molecule has 106 valence electrons. The molecule has 0 bridgehead atoms. The summed E-state index contributed by atoms with van der Waals surface area (Å²) in [4.78, 5) is 11.6. The normalized spacial score (nSPS) is 13.9. The molecule has 0 spiro atoms. The molecule has 2 atom stereocenters. The molecule has 6 nitrogen and oxygen atoms in total. The van der Waals surface area contributed by atoms with E-state index < -0.39 is 18.2 Å². The van der Waals surface area contributed by atoms with Crippen molar-refractivity contribution in [3.05, 3.63) is 29.3 Å². The number of carbonyl (C=O) groups is 1. The molecule has 0 aliphatic heterocycles. The van der Waals surface area contributed by atoms with Gasteiger partial charge in [-0.15, -0.1) is 0 Å². The average Bonchev–Trinajstić information content (AvgIpc) is 2.39. The SMILES string of the molecule is CCOC(=O)c1cc(C(O)C(O)CCO)ccc1N. The van der Waals surface area contributed by atoms with Gasteiger partial charge in [-0.2, -0.15) is 0 Å². The molecule has 1 aromatic carbocycles. The largest absolute Gasteiger partial charge is 0.462 e. The smallest absolute Gasteiger partial charge is 0.340 e. The number of ether oxygens (including phenoxy) is 1. The predicted octanol–water partition coefficient (Wildman–Crippen LogP) is 0.222. The van der Waals surface area contributed by atoms with E-state index in [9.17, 15) is 15.0 Å². The second kappa shape index (κ2) is 7.08. The maximum Gasteiger partial charge on any atom is 0.340 e. The third-order valence-corrected chi connectivity index (χ3v) is 2.70. The van der Waals surface area contributed by atoms with Gasteiger partial charge in [-0.1, -0.05) is 6.07 Å². The summed E-state index contributed by atoms with van der Waals surface area (Å²) in [5.74, 6) is -0.578. The van der Waals surface area contributed by atoms with Gasteiger partial charge in [0.2, 0.25) is 0 Å². The summed E-state index contributed by atoms with van der Waals surface area (Å²) in [6.07, 6.45) is -2.26. The van der Waals surface area contributed by atoms with Crippen molar-refractivity contribution in [2.75, 3.05) is 18.9 Å². The van der Waals surface area contributed by atoms with E-state index in [0.29, 0.717) is 5.56 Å². The van der Waals surface area contributed by atoms with Crippen molar-refractivity contribution >= 4 is 11.7 Å². The first kappa shape index (κ1) is 15.4. The summed E-state index contributed by atoms with van der Waals surface area (Å²) < 4.78 is 4.85. The van der Waals surface area contributed by atoms with Gasteiger partial charge in [0.05, 0.1) is 18.3 Å². The van der Waals surface area contributed by atoms with Crippen LogP contribution < -0.4 is 5.73 Å². The van der Waals surface area contributed by atoms with Gasteiger partial charge in [0.25, 0.3) is 0 Å². The number of rotatable bonds is 6. The molecule has 0 fully saturated rings. The highest BCUT2D eigenvalue weighted by Crippen LogP contribution is 2.23. The summed E-state index contributed by atoms with van der Waals surface area (Å²) in [6, 6.07) is 4.37. The zero-order valence-corrected chi connectivity index (χ0v) is 10.7. The zero-order chi connectivity index (χ0) is 14.4. The molecule has 0 radical (unpaired) electrons. The quantitative estimate of drug-likeness (QED) is 0.434. The maximum absolute atomic E-state index is 11.6. The third-order valence-electron chi connectivity index (χ3n) is 2.70. The Morgan fingerprint density at radius 3 is 2.68 bits per heavy atom. The average molecular weight is 269 g/mol. The molecule has 0 aromatic heterocycles. The van der Waals surface area contributed by atoms with E-state index in [-0.39, 0.29) is 30.9 Å². The number of benzene rings is 1. The Kier molecular flexibility index (Phi) is 5.75. The van der Waals surface area contributed by atoms with Crippen LogP contribution in [0.3, 0.4) is 0 Å². The van der Waals surface area contributed by atoms with Crippen molar-refractivity contribution in [3.8, 4) is 0 Å². The Hall–Kier alpha value is -1.63. The minimum absolute atomic E-state index is 0.0419. The number of esters is 1. The summed E-state index contributed by atoms with van der Waals surface area (Å²) in [7, 11) is 0. The van der Waals surface area contributed by atoms with Crippen LogP contribution in [0.4, 0.5) is 5.69 Å². The molecule has 6 heteroatoms. The first-order chi connectivity index (χ1) is 9.01. The van der Waals surface area contributed by atoms with Crippen LogP contribution in [-0.2, 0) is 4.74 Å². The van der Waals surface area contributed by atoms with E-state index in [1.54, 1.807) is 6.92 Å². The molecule has 5 N–H and O–H groups in total. The van der Waals surface area contributed by atoms with Crippen molar-refractivity contribution < 1.29 is 24.9 Å². The van der Waals surface area contributed by atoms with E-state index in [2.05, 4.69) is 0 Å². The lowest BCUT2D eigenvalue weighted by molar-refractivity contribution is 0.00413. The number of anilines is 1. The molecule has 1 rings (SSSR count). The fraction of sp³-hybridized carbons (Fsp3) is 0.462. The lowest BCUT2D eigenvalue weighted by Gasteiger charge is -2.18. The Labute approximate surface area is 111 Å². The zero-order valence-electron chi connectivity index (χ0n) is 10.7. The fourth-order valence-corrected chi connectivity index (χ4v) is 1.66. The van der Waals surface area contributed by atoms with Crippen LogP contribution in [0.15, 0.2) is 18.2 Å². The number of aliphatic hydroxyl groups excluding tert-OH is 3. The molecule has 2 unspecified atom stereocenters. The molecule has 0 aliphatic rings. The summed E-state index contributed by atoms with van der Waals surface area (Å²) in [6.45, 7) is 1.66. The van der Waals surface area contributed by atoms with Crippen molar-refractivity contribution in [1.29, 1.82) is 0 Å². The van der Waals surface area contributed by atoms with Gasteiger partial charge >= 0.3 is 5.97 Å². The van der Waals surface area contributed by atoms with Crippen LogP contribution in [0.2, 0.25) is 0 Å². The van der Waals surface area contributed by atoms with E-state index in [4.69, 9.17) is 15.6 Å². The Morgan fingerprint density at radius 2 is 2.11 bits per heavy atom. The minimum atomic E-state index is -1.19. The molecular weight excluding hydrogens is 250 g/mol. The Balaban J connectivity index is 2.98. The molecular formula is C13H19NO5. The second-order valence-electron chi connectivity index (χ2n) is 4.09. The van der Waals surface area contributed by atoms with E-state index in [0.717, 1.165) is 0 Å². The first-order valence-corrected chi connectivity index (χ1v) is 6.04. The van der Waals surface area contributed by atoms with E-state index in [1.165, 1.54) is 18.2 Å². The van der Waals surface area contributed by atoms with Crippen LogP contribution in [0.5, 0.6) is 0 Å². The van der Waals surface area contributed by atoms with Crippen LogP contribution in [-0.4, -0.2) is 40.6 Å². The number of nitrogens with two attached hydrogens (primary N) is 1. The van der Waals surface area contributed by atoms with Gasteiger partial charge in [0.15, 0.2) is 0 Å². The summed E-state index contributed by atoms with van der Waals surface area (Å²) >= 11 is 0. The monoisotopic (exact) mass is 269 g/mol. The first-order valence-electron chi connectivity index (χ1n) is 6.04. The van der Waals surface area contributed by atoms with Crippen LogP contribution in [0.1, 0.15) is 35.4 Å². The standard InChI is InChI=1S/C13H19NO5/c1-2-19-13(18)9-7-8(3-4-10(9)14)12(17)11(16)5-6-15/h3-4,7,11-12,15-17H,2,5-6,14H2,1H3. The lowest BCUT2D eigenvalue weighted by atomic mass is 9.99. The van der Waals surface area contributed by atoms with E-state index >= 15 is 0 Å². The molecule has 0 aliphatic carbocycles. The molecule has 19 heavy (non-hydrogen) atoms.